The topological polar surface area (TPSA) is 75.3 Å². The Balaban J connectivity index is 1.99. The molecule has 3 amide bonds. The van der Waals surface area contributed by atoms with E-state index in [0.717, 1.165) is 0 Å². The minimum Gasteiger partial charge on any atom is -0.344 e. The zero-order chi connectivity index (χ0) is 14.7. The van der Waals surface area contributed by atoms with Crippen molar-refractivity contribution in [2.45, 2.75) is 25.3 Å². The Labute approximate surface area is 119 Å². The Kier molecular flexibility index (Phi) is 4.34. The normalized spacial score (nSPS) is 18.6. The number of carbonyl (C=O) groups excluding carboxylic acids is 3. The second-order valence-electron chi connectivity index (χ2n) is 4.45. The van der Waals surface area contributed by atoms with E-state index in [0.29, 0.717) is 0 Å². The number of carbonyl (C=O) groups is 3. The van der Waals surface area contributed by atoms with Crippen molar-refractivity contribution >= 4 is 29.3 Å². The number of hydrogen-bond acceptors (Lipinski definition) is 3. The van der Waals surface area contributed by atoms with Crippen LogP contribution in [0.2, 0.25) is 5.02 Å². The van der Waals surface area contributed by atoms with Crippen molar-refractivity contribution in [2.24, 2.45) is 0 Å². The van der Waals surface area contributed by atoms with E-state index in [9.17, 15) is 18.8 Å². The number of nitrogens with one attached hydrogen (secondary N) is 2. The standard InChI is InChI=1S/C13H12ClFN2O3/c14-8-2-1-3-9(15)7(8)6-12(19)16-10-4-5-11(18)17-13(10)20/h1-3,10H,4-6H2,(H,16,19)(H,17,18,20)/t10-/m0/s1. The largest absolute Gasteiger partial charge is 0.344 e. The van der Waals surface area contributed by atoms with Gasteiger partial charge in [-0.3, -0.25) is 19.7 Å². The maximum atomic E-state index is 13.5. The highest BCUT2D eigenvalue weighted by Gasteiger charge is 2.28. The lowest BCUT2D eigenvalue weighted by Crippen LogP contribution is -2.52. The van der Waals surface area contributed by atoms with Crippen LogP contribution in [0, 0.1) is 5.82 Å². The van der Waals surface area contributed by atoms with Crippen LogP contribution in [-0.2, 0) is 20.8 Å². The third-order valence-electron chi connectivity index (χ3n) is 2.97. The minimum atomic E-state index is -0.772. The van der Waals surface area contributed by atoms with Crippen LogP contribution in [0.5, 0.6) is 0 Å². The zero-order valence-corrected chi connectivity index (χ0v) is 11.2. The number of hydrogen-bond donors (Lipinski definition) is 2. The maximum Gasteiger partial charge on any atom is 0.249 e. The molecule has 1 aromatic carbocycles. The summed E-state index contributed by atoms with van der Waals surface area (Å²) >= 11 is 5.82. The van der Waals surface area contributed by atoms with Crippen molar-refractivity contribution in [3.63, 3.8) is 0 Å². The Hall–Kier alpha value is -1.95. The molecule has 20 heavy (non-hydrogen) atoms. The Morgan fingerprint density at radius 3 is 2.85 bits per heavy atom. The number of amides is 3. The molecule has 2 N–H and O–H groups in total. The van der Waals surface area contributed by atoms with Crippen molar-refractivity contribution in [1.29, 1.82) is 0 Å². The SMILES string of the molecule is O=C1CC[C@H](NC(=O)Cc2c(F)cccc2Cl)C(=O)N1. The predicted octanol–water partition coefficient (Wildman–Crippen LogP) is 0.943. The first kappa shape index (κ1) is 14.5. The van der Waals surface area contributed by atoms with Crippen molar-refractivity contribution in [3.8, 4) is 0 Å². The summed E-state index contributed by atoms with van der Waals surface area (Å²) < 4.78 is 13.5. The number of halogens is 2. The van der Waals surface area contributed by atoms with Crippen molar-refractivity contribution in [3.05, 3.63) is 34.6 Å². The molecule has 0 bridgehead atoms. The summed E-state index contributed by atoms with van der Waals surface area (Å²) in [5.74, 6) is -2.01. The molecule has 0 aliphatic carbocycles. The van der Waals surface area contributed by atoms with Crippen LogP contribution < -0.4 is 10.6 Å². The van der Waals surface area contributed by atoms with E-state index in [1.807, 2.05) is 0 Å². The highest BCUT2D eigenvalue weighted by Crippen LogP contribution is 2.19. The summed E-state index contributed by atoms with van der Waals surface area (Å²) in [5, 5.41) is 4.75. The molecule has 106 valence electrons. The zero-order valence-electron chi connectivity index (χ0n) is 10.4. The van der Waals surface area contributed by atoms with Gasteiger partial charge in [0.05, 0.1) is 6.42 Å². The van der Waals surface area contributed by atoms with Gasteiger partial charge in [0.2, 0.25) is 17.7 Å². The van der Waals surface area contributed by atoms with Gasteiger partial charge in [-0.2, -0.15) is 0 Å². The molecule has 0 unspecified atom stereocenters. The summed E-state index contributed by atoms with van der Waals surface area (Å²) in [6, 6.07) is 3.37. The Morgan fingerprint density at radius 1 is 1.45 bits per heavy atom. The molecule has 1 heterocycles. The highest BCUT2D eigenvalue weighted by atomic mass is 35.5. The van der Waals surface area contributed by atoms with Crippen LogP contribution >= 0.6 is 11.6 Å². The van der Waals surface area contributed by atoms with Gasteiger partial charge in [-0.1, -0.05) is 17.7 Å². The molecule has 1 fully saturated rings. The predicted molar refractivity (Wildman–Crippen MR) is 69.4 cm³/mol. The van der Waals surface area contributed by atoms with Gasteiger partial charge in [-0.15, -0.1) is 0 Å². The lowest BCUT2D eigenvalue weighted by Gasteiger charge is -2.21. The molecule has 0 aromatic heterocycles. The fraction of sp³-hybridized carbons (Fsp3) is 0.308. The fourth-order valence-electron chi connectivity index (χ4n) is 1.94. The first-order valence-corrected chi connectivity index (χ1v) is 6.41. The molecule has 1 atom stereocenters. The molecule has 1 aliphatic rings. The summed E-state index contributed by atoms with van der Waals surface area (Å²) in [4.78, 5) is 34.3. The maximum absolute atomic E-state index is 13.5. The summed E-state index contributed by atoms with van der Waals surface area (Å²) in [5.41, 5.74) is 0.0824. The lowest BCUT2D eigenvalue weighted by molar-refractivity contribution is -0.137. The summed E-state index contributed by atoms with van der Waals surface area (Å²) in [6.45, 7) is 0. The molecule has 5 nitrogen and oxygen atoms in total. The lowest BCUT2D eigenvalue weighted by atomic mass is 10.1. The van der Waals surface area contributed by atoms with Gasteiger partial charge in [-0.25, -0.2) is 4.39 Å². The Bertz CT molecular complexity index is 556. The van der Waals surface area contributed by atoms with Gasteiger partial charge in [0.1, 0.15) is 11.9 Å². The van der Waals surface area contributed by atoms with Crippen molar-refractivity contribution in [1.82, 2.24) is 10.6 Å². The average molecular weight is 299 g/mol. The van der Waals surface area contributed by atoms with Crippen molar-refractivity contribution in [2.75, 3.05) is 0 Å². The van der Waals surface area contributed by atoms with Crippen LogP contribution in [0.25, 0.3) is 0 Å². The van der Waals surface area contributed by atoms with Crippen LogP contribution in [0.3, 0.4) is 0 Å². The summed E-state index contributed by atoms with van der Waals surface area (Å²) in [7, 11) is 0. The molecule has 0 radical (unpaired) electrons. The quantitative estimate of drug-likeness (QED) is 0.816. The van der Waals surface area contributed by atoms with Gasteiger partial charge >= 0.3 is 0 Å². The number of rotatable bonds is 3. The van der Waals surface area contributed by atoms with E-state index in [1.54, 1.807) is 0 Å². The number of imide groups is 1. The monoisotopic (exact) mass is 298 g/mol. The molecule has 0 spiro atoms. The van der Waals surface area contributed by atoms with Crippen LogP contribution in [0.1, 0.15) is 18.4 Å². The van der Waals surface area contributed by atoms with Gasteiger partial charge in [0.25, 0.3) is 0 Å². The molecule has 1 aliphatic heterocycles. The number of piperidine rings is 1. The first-order valence-electron chi connectivity index (χ1n) is 6.03. The van der Waals surface area contributed by atoms with E-state index in [4.69, 9.17) is 11.6 Å². The van der Waals surface area contributed by atoms with E-state index >= 15 is 0 Å². The van der Waals surface area contributed by atoms with E-state index in [1.165, 1.54) is 18.2 Å². The molecule has 1 saturated heterocycles. The fourth-order valence-corrected chi connectivity index (χ4v) is 2.17. The van der Waals surface area contributed by atoms with E-state index < -0.39 is 23.7 Å². The summed E-state index contributed by atoms with van der Waals surface area (Å²) in [6.07, 6.45) is 0.141. The molecular weight excluding hydrogens is 287 g/mol. The van der Waals surface area contributed by atoms with Gasteiger partial charge in [0, 0.05) is 17.0 Å². The smallest absolute Gasteiger partial charge is 0.249 e. The molecule has 2 rings (SSSR count). The van der Waals surface area contributed by atoms with Crippen LogP contribution in [-0.4, -0.2) is 23.8 Å². The highest BCUT2D eigenvalue weighted by molar-refractivity contribution is 6.31. The molecule has 0 saturated carbocycles. The van der Waals surface area contributed by atoms with Gasteiger partial charge in [-0.05, 0) is 18.6 Å². The van der Waals surface area contributed by atoms with Gasteiger partial charge < -0.3 is 5.32 Å². The third-order valence-corrected chi connectivity index (χ3v) is 3.33. The van der Waals surface area contributed by atoms with Crippen molar-refractivity contribution < 1.29 is 18.8 Å². The second-order valence-corrected chi connectivity index (χ2v) is 4.86. The van der Waals surface area contributed by atoms with E-state index in [-0.39, 0.29) is 35.8 Å². The van der Waals surface area contributed by atoms with Crippen LogP contribution in [0.4, 0.5) is 4.39 Å². The second kappa shape index (κ2) is 6.00. The third kappa shape index (κ3) is 3.33. The minimum absolute atomic E-state index is 0.0824. The van der Waals surface area contributed by atoms with Gasteiger partial charge in [0.15, 0.2) is 0 Å². The average Bonchev–Trinajstić information content (AvgIpc) is 2.37. The first-order chi connectivity index (χ1) is 9.47. The molecular formula is C13H12ClFN2O3. The van der Waals surface area contributed by atoms with E-state index in [2.05, 4.69) is 10.6 Å². The number of benzene rings is 1. The Morgan fingerprint density at radius 2 is 2.20 bits per heavy atom. The molecule has 1 aromatic rings. The molecule has 7 heteroatoms. The van der Waals surface area contributed by atoms with Crippen LogP contribution in [0.15, 0.2) is 18.2 Å².